The molecule has 2 aliphatic rings. The molecule has 1 N–H and O–H groups in total. The molecule has 2 fully saturated rings. The van der Waals surface area contributed by atoms with Crippen molar-refractivity contribution in [3.05, 3.63) is 52.8 Å². The first-order valence-corrected chi connectivity index (χ1v) is 10.7. The molecule has 1 aromatic heterocycles. The van der Waals surface area contributed by atoms with E-state index in [-0.39, 0.29) is 5.41 Å². The molecule has 28 heavy (non-hydrogen) atoms. The predicted molar refractivity (Wildman–Crippen MR) is 117 cm³/mol. The summed E-state index contributed by atoms with van der Waals surface area (Å²) in [5.41, 5.74) is 1.64. The van der Waals surface area contributed by atoms with Gasteiger partial charge in [0.2, 0.25) is 5.95 Å². The van der Waals surface area contributed by atoms with Crippen LogP contribution in [0.15, 0.2) is 52.2 Å². The number of halogens is 1. The molecule has 0 amide bonds. The summed E-state index contributed by atoms with van der Waals surface area (Å²) in [6.45, 7) is 4.57. The van der Waals surface area contributed by atoms with Crippen LogP contribution < -0.4 is 10.2 Å². The van der Waals surface area contributed by atoms with Crippen molar-refractivity contribution in [1.29, 1.82) is 0 Å². The quantitative estimate of drug-likeness (QED) is 0.582. The predicted octanol–water partition coefficient (Wildman–Crippen LogP) is 3.06. The summed E-state index contributed by atoms with van der Waals surface area (Å²) < 4.78 is 1.15. The summed E-state index contributed by atoms with van der Waals surface area (Å²) >= 11 is 3.62. The van der Waals surface area contributed by atoms with Gasteiger partial charge < -0.3 is 15.1 Å². The maximum Gasteiger partial charge on any atom is 0.225 e. The number of hydrogen-bond acceptors (Lipinski definition) is 4. The Morgan fingerprint density at radius 1 is 1.14 bits per heavy atom. The van der Waals surface area contributed by atoms with Crippen LogP contribution in [-0.4, -0.2) is 60.6 Å². The van der Waals surface area contributed by atoms with Crippen molar-refractivity contribution in [2.75, 3.05) is 44.7 Å². The summed E-state index contributed by atoms with van der Waals surface area (Å²) in [7, 11) is 1.88. The van der Waals surface area contributed by atoms with E-state index in [9.17, 15) is 0 Å². The minimum Gasteiger partial charge on any atom is -0.355 e. The molecule has 0 spiro atoms. The van der Waals surface area contributed by atoms with E-state index in [2.05, 4.69) is 70.3 Å². The van der Waals surface area contributed by atoms with Crippen LogP contribution in [0.3, 0.4) is 0 Å². The van der Waals surface area contributed by atoms with Gasteiger partial charge in [-0.1, -0.05) is 34.5 Å². The lowest BCUT2D eigenvalue weighted by atomic mass is 9.64. The summed E-state index contributed by atoms with van der Waals surface area (Å²) in [6.07, 6.45) is 7.35. The number of nitrogens with zero attached hydrogens (tertiary/aromatic N) is 5. The number of benzene rings is 1. The molecule has 2 heterocycles. The van der Waals surface area contributed by atoms with Gasteiger partial charge in [0.1, 0.15) is 0 Å². The van der Waals surface area contributed by atoms with Crippen LogP contribution in [0.1, 0.15) is 24.8 Å². The third-order valence-electron chi connectivity index (χ3n) is 5.96. The number of nitrogens with one attached hydrogen (secondary N) is 1. The van der Waals surface area contributed by atoms with Gasteiger partial charge in [0, 0.05) is 62.1 Å². The van der Waals surface area contributed by atoms with Gasteiger partial charge in [-0.15, -0.1) is 0 Å². The molecule has 6 nitrogen and oxygen atoms in total. The van der Waals surface area contributed by atoms with Crippen LogP contribution in [0.5, 0.6) is 0 Å². The zero-order valence-corrected chi connectivity index (χ0v) is 17.9. The summed E-state index contributed by atoms with van der Waals surface area (Å²) in [5.74, 6) is 1.81. The monoisotopic (exact) mass is 442 g/mol. The first kappa shape index (κ1) is 19.2. The lowest BCUT2D eigenvalue weighted by molar-refractivity contribution is 0.240. The molecule has 2 aromatic rings. The van der Waals surface area contributed by atoms with Gasteiger partial charge in [0.05, 0.1) is 0 Å². The van der Waals surface area contributed by atoms with E-state index in [1.807, 2.05) is 13.1 Å². The molecule has 148 valence electrons. The number of aliphatic imine (C=N–C) groups is 1. The molecule has 1 saturated carbocycles. The van der Waals surface area contributed by atoms with E-state index >= 15 is 0 Å². The highest BCUT2D eigenvalue weighted by molar-refractivity contribution is 9.10. The summed E-state index contributed by atoms with van der Waals surface area (Å²) in [5, 5.41) is 3.67. The van der Waals surface area contributed by atoms with E-state index in [4.69, 9.17) is 0 Å². The van der Waals surface area contributed by atoms with E-state index < -0.39 is 0 Å². The van der Waals surface area contributed by atoms with Crippen LogP contribution >= 0.6 is 15.9 Å². The van der Waals surface area contributed by atoms with Crippen molar-refractivity contribution in [3.8, 4) is 0 Å². The Bertz CT molecular complexity index is 813. The smallest absolute Gasteiger partial charge is 0.225 e. The fourth-order valence-electron chi connectivity index (χ4n) is 4.14. The lowest BCUT2D eigenvalue weighted by Crippen LogP contribution is -2.55. The van der Waals surface area contributed by atoms with Gasteiger partial charge in [-0.05, 0) is 36.6 Å². The molecular weight excluding hydrogens is 416 g/mol. The normalized spacial score (nSPS) is 19.3. The molecule has 1 saturated heterocycles. The van der Waals surface area contributed by atoms with Gasteiger partial charge in [0.15, 0.2) is 5.96 Å². The van der Waals surface area contributed by atoms with Crippen molar-refractivity contribution in [3.63, 3.8) is 0 Å². The highest BCUT2D eigenvalue weighted by atomic mass is 79.9. The zero-order chi connectivity index (χ0) is 19.4. The van der Waals surface area contributed by atoms with Crippen LogP contribution in [0.2, 0.25) is 0 Å². The minimum absolute atomic E-state index is 0.222. The van der Waals surface area contributed by atoms with Gasteiger partial charge >= 0.3 is 0 Å². The van der Waals surface area contributed by atoms with Crippen molar-refractivity contribution >= 4 is 27.8 Å². The van der Waals surface area contributed by atoms with E-state index in [1.165, 1.54) is 24.8 Å². The molecule has 4 rings (SSSR count). The fourth-order valence-corrected chi connectivity index (χ4v) is 4.54. The third kappa shape index (κ3) is 3.99. The standard InChI is InChI=1S/C21H27BrN6/c1-23-19(27-11-13-28(14-12-27)20-24-9-4-10-25-20)26-16-21(7-3-8-21)17-5-2-6-18(22)15-17/h2,4-6,9-10,15H,3,7-8,11-14,16H2,1H3,(H,23,26). The van der Waals surface area contributed by atoms with E-state index in [1.54, 1.807) is 12.4 Å². The zero-order valence-electron chi connectivity index (χ0n) is 16.3. The van der Waals surface area contributed by atoms with E-state index in [0.717, 1.165) is 49.1 Å². The highest BCUT2D eigenvalue weighted by Crippen LogP contribution is 2.43. The Balaban J connectivity index is 1.36. The molecule has 0 atom stereocenters. The highest BCUT2D eigenvalue weighted by Gasteiger charge is 2.39. The number of hydrogen-bond donors (Lipinski definition) is 1. The fraction of sp³-hybridized carbons (Fsp3) is 0.476. The average Bonchev–Trinajstić information content (AvgIpc) is 2.71. The Labute approximate surface area is 175 Å². The molecule has 0 unspecified atom stereocenters. The maximum absolute atomic E-state index is 4.55. The van der Waals surface area contributed by atoms with Gasteiger partial charge in [0.25, 0.3) is 0 Å². The summed E-state index contributed by atoms with van der Waals surface area (Å²) in [6, 6.07) is 10.6. The number of piperazine rings is 1. The SMILES string of the molecule is CN=C(NCC1(c2cccc(Br)c2)CCC1)N1CCN(c2ncccn2)CC1. The number of aromatic nitrogens is 2. The first-order chi connectivity index (χ1) is 13.7. The molecule has 1 aromatic carbocycles. The van der Waals surface area contributed by atoms with Crippen molar-refractivity contribution in [2.45, 2.75) is 24.7 Å². The lowest BCUT2D eigenvalue weighted by Gasteiger charge is -2.44. The Morgan fingerprint density at radius 2 is 1.89 bits per heavy atom. The van der Waals surface area contributed by atoms with E-state index in [0.29, 0.717) is 0 Å². The number of guanidine groups is 1. The Hall–Kier alpha value is -2.15. The second-order valence-corrected chi connectivity index (χ2v) is 8.48. The molecule has 0 radical (unpaired) electrons. The Kier molecular flexibility index (Phi) is 5.80. The van der Waals surface area contributed by atoms with Crippen LogP contribution in [0.4, 0.5) is 5.95 Å². The second kappa shape index (κ2) is 8.47. The third-order valence-corrected chi connectivity index (χ3v) is 6.45. The van der Waals surface area contributed by atoms with Crippen LogP contribution in [0.25, 0.3) is 0 Å². The second-order valence-electron chi connectivity index (χ2n) is 7.57. The number of anilines is 1. The Morgan fingerprint density at radius 3 is 2.50 bits per heavy atom. The number of rotatable bonds is 4. The first-order valence-electron chi connectivity index (χ1n) is 9.94. The molecular formula is C21H27BrN6. The summed E-state index contributed by atoms with van der Waals surface area (Å²) in [4.78, 5) is 17.9. The average molecular weight is 443 g/mol. The molecule has 7 heteroatoms. The van der Waals surface area contributed by atoms with Crippen molar-refractivity contribution in [2.24, 2.45) is 4.99 Å². The molecule has 1 aliphatic carbocycles. The van der Waals surface area contributed by atoms with Crippen molar-refractivity contribution < 1.29 is 0 Å². The van der Waals surface area contributed by atoms with Gasteiger partial charge in [-0.3, -0.25) is 4.99 Å². The van der Waals surface area contributed by atoms with Gasteiger partial charge in [-0.25, -0.2) is 9.97 Å². The molecule has 1 aliphatic heterocycles. The van der Waals surface area contributed by atoms with Crippen molar-refractivity contribution in [1.82, 2.24) is 20.2 Å². The minimum atomic E-state index is 0.222. The topological polar surface area (TPSA) is 56.7 Å². The van der Waals surface area contributed by atoms with Gasteiger partial charge in [-0.2, -0.15) is 0 Å². The largest absolute Gasteiger partial charge is 0.355 e. The van der Waals surface area contributed by atoms with Crippen LogP contribution in [-0.2, 0) is 5.41 Å². The van der Waals surface area contributed by atoms with Crippen LogP contribution in [0, 0.1) is 0 Å². The maximum atomic E-state index is 4.55. The molecule has 0 bridgehead atoms.